The van der Waals surface area contributed by atoms with Gasteiger partial charge in [-0.3, -0.25) is 9.59 Å². The van der Waals surface area contributed by atoms with Gasteiger partial charge < -0.3 is 19.7 Å². The van der Waals surface area contributed by atoms with Crippen molar-refractivity contribution in [1.29, 1.82) is 0 Å². The van der Waals surface area contributed by atoms with E-state index in [1.54, 1.807) is 19.2 Å². The molecule has 0 aliphatic carbocycles. The molecule has 0 radical (unpaired) electrons. The Kier molecular flexibility index (Phi) is 6.12. The molecule has 1 heterocycles. The molecule has 6 nitrogen and oxygen atoms in total. The van der Waals surface area contributed by atoms with E-state index in [9.17, 15) is 9.59 Å². The highest BCUT2D eigenvalue weighted by Crippen LogP contribution is 2.19. The van der Waals surface area contributed by atoms with Crippen LogP contribution in [0.2, 0.25) is 0 Å². The summed E-state index contributed by atoms with van der Waals surface area (Å²) in [6.45, 7) is 5.67. The third kappa shape index (κ3) is 4.77. The summed E-state index contributed by atoms with van der Waals surface area (Å²) >= 11 is 0. The molecule has 1 aliphatic heterocycles. The number of benzene rings is 1. The lowest BCUT2D eigenvalue weighted by atomic mass is 10.1. The highest BCUT2D eigenvalue weighted by molar-refractivity contribution is 5.97. The normalized spacial score (nSPS) is 17.9. The number of hydrogen-bond donors (Lipinski definition) is 1. The highest BCUT2D eigenvalue weighted by Gasteiger charge is 2.25. The first-order chi connectivity index (χ1) is 11.0. The number of amides is 2. The number of methoxy groups -OCH3 is 1. The number of rotatable bonds is 5. The number of carbonyl (C=O) groups excluding carboxylic acids is 2. The van der Waals surface area contributed by atoms with Gasteiger partial charge in [0.1, 0.15) is 0 Å². The average Bonchev–Trinajstić information content (AvgIpc) is 2.52. The summed E-state index contributed by atoms with van der Waals surface area (Å²) in [4.78, 5) is 25.7. The summed E-state index contributed by atoms with van der Waals surface area (Å²) in [6, 6.07) is 5.34. The zero-order valence-corrected chi connectivity index (χ0v) is 13.9. The molecule has 0 bridgehead atoms. The molecular weight excluding hydrogens is 296 g/mol. The number of nitrogens with zero attached hydrogens (tertiary/aromatic N) is 1. The first-order valence-corrected chi connectivity index (χ1v) is 7.79. The quantitative estimate of drug-likeness (QED) is 0.899. The minimum Gasteiger partial charge on any atom is -0.385 e. The summed E-state index contributed by atoms with van der Waals surface area (Å²) in [7, 11) is 1.66. The molecule has 126 valence electrons. The van der Waals surface area contributed by atoms with Crippen LogP contribution in [0.1, 0.15) is 29.3 Å². The van der Waals surface area contributed by atoms with Crippen molar-refractivity contribution in [1.82, 2.24) is 4.90 Å². The summed E-state index contributed by atoms with van der Waals surface area (Å²) < 4.78 is 10.7. The third-order valence-corrected chi connectivity index (χ3v) is 3.85. The van der Waals surface area contributed by atoms with Crippen molar-refractivity contribution in [2.45, 2.75) is 26.4 Å². The largest absolute Gasteiger partial charge is 0.385 e. The van der Waals surface area contributed by atoms with Gasteiger partial charge in [0.05, 0.1) is 12.7 Å². The Morgan fingerprint density at radius 2 is 2.22 bits per heavy atom. The molecule has 1 fully saturated rings. The third-order valence-electron chi connectivity index (χ3n) is 3.85. The Labute approximate surface area is 136 Å². The molecule has 2 rings (SSSR count). The van der Waals surface area contributed by atoms with Crippen LogP contribution in [-0.2, 0) is 14.3 Å². The van der Waals surface area contributed by atoms with E-state index < -0.39 is 0 Å². The molecule has 2 amide bonds. The van der Waals surface area contributed by atoms with Crippen LogP contribution in [0.25, 0.3) is 0 Å². The number of morpholine rings is 1. The Balaban J connectivity index is 2.05. The minimum atomic E-state index is -0.127. The minimum absolute atomic E-state index is 0.00240. The van der Waals surface area contributed by atoms with E-state index in [4.69, 9.17) is 9.47 Å². The Morgan fingerprint density at radius 1 is 1.43 bits per heavy atom. The Morgan fingerprint density at radius 3 is 2.87 bits per heavy atom. The fourth-order valence-electron chi connectivity index (χ4n) is 2.68. The van der Waals surface area contributed by atoms with Gasteiger partial charge in [-0.2, -0.15) is 0 Å². The van der Waals surface area contributed by atoms with Crippen LogP contribution in [0.5, 0.6) is 0 Å². The Hall–Kier alpha value is -1.92. The highest BCUT2D eigenvalue weighted by atomic mass is 16.5. The van der Waals surface area contributed by atoms with E-state index in [-0.39, 0.29) is 17.9 Å². The number of aryl methyl sites for hydroxylation is 1. The molecule has 1 aliphatic rings. The van der Waals surface area contributed by atoms with E-state index in [2.05, 4.69) is 5.32 Å². The van der Waals surface area contributed by atoms with E-state index in [1.807, 2.05) is 17.9 Å². The standard InChI is InChI=1S/C17H24N2O4/c1-12-10-14(18-13(2)20)4-5-16(12)17(21)19-7-9-23-15(11-19)6-8-22-3/h4-5,10,15H,6-9,11H2,1-3H3,(H,18,20)/t15-/m1/s1. The van der Waals surface area contributed by atoms with Gasteiger partial charge in [0.15, 0.2) is 0 Å². The summed E-state index contributed by atoms with van der Waals surface area (Å²) in [6.07, 6.45) is 0.799. The SMILES string of the molecule is COCC[C@@H]1CN(C(=O)c2ccc(NC(C)=O)cc2C)CCO1. The fourth-order valence-corrected chi connectivity index (χ4v) is 2.68. The van der Waals surface area contributed by atoms with Crippen LogP contribution in [0.4, 0.5) is 5.69 Å². The molecule has 1 N–H and O–H groups in total. The smallest absolute Gasteiger partial charge is 0.254 e. The van der Waals surface area contributed by atoms with Crippen molar-refractivity contribution in [3.8, 4) is 0 Å². The van der Waals surface area contributed by atoms with Gasteiger partial charge in [-0.15, -0.1) is 0 Å². The number of carbonyl (C=O) groups is 2. The van der Waals surface area contributed by atoms with Crippen molar-refractivity contribution in [2.24, 2.45) is 0 Å². The number of anilines is 1. The Bertz CT molecular complexity index is 574. The zero-order valence-electron chi connectivity index (χ0n) is 13.9. The molecule has 0 aromatic heterocycles. The van der Waals surface area contributed by atoms with E-state index >= 15 is 0 Å². The second kappa shape index (κ2) is 8.08. The van der Waals surface area contributed by atoms with Crippen molar-refractivity contribution >= 4 is 17.5 Å². The fraction of sp³-hybridized carbons (Fsp3) is 0.529. The topological polar surface area (TPSA) is 67.9 Å². The molecule has 0 saturated carbocycles. The van der Waals surface area contributed by atoms with Crippen molar-refractivity contribution < 1.29 is 19.1 Å². The van der Waals surface area contributed by atoms with Crippen molar-refractivity contribution in [2.75, 3.05) is 38.7 Å². The molecule has 1 saturated heterocycles. The van der Waals surface area contributed by atoms with Crippen LogP contribution in [-0.4, -0.2) is 56.2 Å². The second-order valence-corrected chi connectivity index (χ2v) is 5.74. The van der Waals surface area contributed by atoms with E-state index in [0.717, 1.165) is 12.0 Å². The second-order valence-electron chi connectivity index (χ2n) is 5.74. The number of hydrogen-bond acceptors (Lipinski definition) is 4. The molecule has 0 unspecified atom stereocenters. The van der Waals surface area contributed by atoms with Gasteiger partial charge in [0.25, 0.3) is 5.91 Å². The predicted molar refractivity (Wildman–Crippen MR) is 87.6 cm³/mol. The number of nitrogens with one attached hydrogen (secondary N) is 1. The first-order valence-electron chi connectivity index (χ1n) is 7.79. The maximum Gasteiger partial charge on any atom is 0.254 e. The van der Waals surface area contributed by atoms with Crippen LogP contribution in [0, 0.1) is 6.92 Å². The molecule has 1 aromatic carbocycles. The first kappa shape index (κ1) is 17.4. The molecular formula is C17H24N2O4. The summed E-state index contributed by atoms with van der Waals surface area (Å²) in [5.74, 6) is -0.125. The lowest BCUT2D eigenvalue weighted by molar-refractivity contribution is -0.114. The molecule has 1 atom stereocenters. The molecule has 0 spiro atoms. The van der Waals surface area contributed by atoms with E-state index in [1.165, 1.54) is 6.92 Å². The lowest BCUT2D eigenvalue weighted by Crippen LogP contribution is -2.46. The number of ether oxygens (including phenoxy) is 2. The van der Waals surface area contributed by atoms with Gasteiger partial charge in [-0.1, -0.05) is 0 Å². The van der Waals surface area contributed by atoms with E-state index in [0.29, 0.717) is 37.6 Å². The monoisotopic (exact) mass is 320 g/mol. The summed E-state index contributed by atoms with van der Waals surface area (Å²) in [5.41, 5.74) is 2.21. The van der Waals surface area contributed by atoms with Crippen LogP contribution in [0.3, 0.4) is 0 Å². The van der Waals surface area contributed by atoms with Gasteiger partial charge in [-0.25, -0.2) is 0 Å². The van der Waals surface area contributed by atoms with Crippen LogP contribution in [0.15, 0.2) is 18.2 Å². The van der Waals surface area contributed by atoms with Crippen molar-refractivity contribution in [3.05, 3.63) is 29.3 Å². The maximum atomic E-state index is 12.7. The van der Waals surface area contributed by atoms with Gasteiger partial charge in [0, 0.05) is 45.0 Å². The average molecular weight is 320 g/mol. The lowest BCUT2D eigenvalue weighted by Gasteiger charge is -2.33. The zero-order chi connectivity index (χ0) is 16.8. The van der Waals surface area contributed by atoms with Gasteiger partial charge in [-0.05, 0) is 37.1 Å². The van der Waals surface area contributed by atoms with Gasteiger partial charge in [0.2, 0.25) is 5.91 Å². The van der Waals surface area contributed by atoms with Gasteiger partial charge >= 0.3 is 0 Å². The van der Waals surface area contributed by atoms with Crippen LogP contribution >= 0.6 is 0 Å². The summed E-state index contributed by atoms with van der Waals surface area (Å²) in [5, 5.41) is 2.72. The maximum absolute atomic E-state index is 12.7. The van der Waals surface area contributed by atoms with Crippen molar-refractivity contribution in [3.63, 3.8) is 0 Å². The molecule has 23 heavy (non-hydrogen) atoms. The predicted octanol–water partition coefficient (Wildman–Crippen LogP) is 1.83. The molecule has 6 heteroatoms. The molecule has 1 aromatic rings. The van der Waals surface area contributed by atoms with Crippen LogP contribution < -0.4 is 5.32 Å².